The smallest absolute Gasteiger partial charge is 0.303 e. The molecule has 0 spiro atoms. The molecule has 0 aliphatic heterocycles. The molecule has 0 fully saturated rings. The number of halogens is 1. The number of nitrogens with zero attached hydrogens (tertiary/aromatic N) is 2. The third-order valence-corrected chi connectivity index (χ3v) is 3.53. The van der Waals surface area contributed by atoms with E-state index in [4.69, 9.17) is 5.11 Å². The van der Waals surface area contributed by atoms with Crippen molar-refractivity contribution in [1.29, 1.82) is 0 Å². The van der Waals surface area contributed by atoms with E-state index in [9.17, 15) is 9.18 Å². The van der Waals surface area contributed by atoms with Gasteiger partial charge in [0.15, 0.2) is 5.82 Å². The second kappa shape index (κ2) is 5.47. The Hall–Kier alpha value is -1.91. The summed E-state index contributed by atoms with van der Waals surface area (Å²) in [5.74, 6) is -0.445. The van der Waals surface area contributed by atoms with Gasteiger partial charge in [-0.3, -0.25) is 4.79 Å². The van der Waals surface area contributed by atoms with Gasteiger partial charge in [-0.05, 0) is 31.4 Å². The Balaban J connectivity index is 2.51. The highest BCUT2D eigenvalue weighted by atomic mass is 19.1. The maximum atomic E-state index is 13.9. The molecule has 0 amide bonds. The molecule has 0 atom stereocenters. The highest BCUT2D eigenvalue weighted by Crippen LogP contribution is 2.30. The van der Waals surface area contributed by atoms with Crippen LogP contribution < -0.4 is 0 Å². The van der Waals surface area contributed by atoms with Crippen molar-refractivity contribution in [3.63, 3.8) is 0 Å². The summed E-state index contributed by atoms with van der Waals surface area (Å²) in [5.41, 5.74) is 0.675. The van der Waals surface area contributed by atoms with Gasteiger partial charge in [-0.2, -0.15) is 0 Å². The van der Waals surface area contributed by atoms with Gasteiger partial charge in [0.2, 0.25) is 0 Å². The first kappa shape index (κ1) is 15.5. The van der Waals surface area contributed by atoms with E-state index in [1.165, 1.54) is 6.07 Å². The van der Waals surface area contributed by atoms with Crippen LogP contribution >= 0.6 is 0 Å². The third kappa shape index (κ3) is 3.23. The fraction of sp³-hybridized carbons (Fsp3) is 0.500. The monoisotopic (exact) mass is 292 g/mol. The predicted molar refractivity (Wildman–Crippen MR) is 79.8 cm³/mol. The third-order valence-electron chi connectivity index (χ3n) is 3.53. The molecule has 0 saturated heterocycles. The topological polar surface area (TPSA) is 55.1 Å². The molecule has 2 aromatic rings. The average Bonchev–Trinajstić information content (AvgIpc) is 2.65. The highest BCUT2D eigenvalue weighted by molar-refractivity contribution is 5.77. The van der Waals surface area contributed by atoms with E-state index in [1.807, 2.05) is 38.3 Å². The van der Waals surface area contributed by atoms with Crippen LogP contribution in [-0.2, 0) is 11.2 Å². The summed E-state index contributed by atoms with van der Waals surface area (Å²) in [6.07, 6.45) is 0.544. The number of aromatic nitrogens is 2. The Bertz CT molecular complexity index is 674. The standard InChI is InChI=1S/C16H21FN2O2/c1-10(2)19-12-7-5-6-11(17)15(12)18-13(19)8-16(3,4)9-14(20)21/h5-7,10H,8-9H2,1-4H3,(H,20,21). The fourth-order valence-corrected chi connectivity index (χ4v) is 2.73. The van der Waals surface area contributed by atoms with E-state index < -0.39 is 11.4 Å². The molecular weight excluding hydrogens is 271 g/mol. The van der Waals surface area contributed by atoms with E-state index in [1.54, 1.807) is 6.07 Å². The van der Waals surface area contributed by atoms with Crippen LogP contribution in [0.5, 0.6) is 0 Å². The summed E-state index contributed by atoms with van der Waals surface area (Å²) in [7, 11) is 0. The zero-order valence-corrected chi connectivity index (χ0v) is 12.9. The van der Waals surface area contributed by atoms with Crippen molar-refractivity contribution in [3.05, 3.63) is 29.8 Å². The van der Waals surface area contributed by atoms with Crippen molar-refractivity contribution in [2.45, 2.75) is 46.6 Å². The number of imidazole rings is 1. The molecule has 0 radical (unpaired) electrons. The van der Waals surface area contributed by atoms with Gasteiger partial charge in [-0.25, -0.2) is 9.37 Å². The first-order valence-electron chi connectivity index (χ1n) is 7.08. The zero-order chi connectivity index (χ0) is 15.8. The van der Waals surface area contributed by atoms with Crippen molar-refractivity contribution < 1.29 is 14.3 Å². The minimum Gasteiger partial charge on any atom is -0.481 e. The van der Waals surface area contributed by atoms with Crippen molar-refractivity contribution in [3.8, 4) is 0 Å². The lowest BCUT2D eigenvalue weighted by atomic mass is 9.85. The minimum absolute atomic E-state index is 0.0524. The van der Waals surface area contributed by atoms with Crippen LogP contribution in [0.15, 0.2) is 18.2 Å². The average molecular weight is 292 g/mol. The molecule has 0 unspecified atom stereocenters. The highest BCUT2D eigenvalue weighted by Gasteiger charge is 2.26. The van der Waals surface area contributed by atoms with Crippen LogP contribution in [-0.4, -0.2) is 20.6 Å². The van der Waals surface area contributed by atoms with E-state index in [2.05, 4.69) is 4.98 Å². The molecule has 0 aliphatic rings. The molecule has 0 bridgehead atoms. The molecule has 2 rings (SSSR count). The van der Waals surface area contributed by atoms with Crippen LogP contribution in [0, 0.1) is 11.2 Å². The number of carboxylic acid groups (broad SMARTS) is 1. The molecular formula is C16H21FN2O2. The van der Waals surface area contributed by atoms with Crippen LogP contribution in [0.2, 0.25) is 0 Å². The van der Waals surface area contributed by atoms with Gasteiger partial charge in [0.25, 0.3) is 0 Å². The number of para-hydroxylation sites is 1. The van der Waals surface area contributed by atoms with Gasteiger partial charge in [0.05, 0.1) is 11.9 Å². The van der Waals surface area contributed by atoms with Gasteiger partial charge < -0.3 is 9.67 Å². The summed E-state index contributed by atoms with van der Waals surface area (Å²) in [4.78, 5) is 15.4. The number of hydrogen-bond acceptors (Lipinski definition) is 2. The molecule has 1 heterocycles. The molecule has 1 N–H and O–H groups in total. The lowest BCUT2D eigenvalue weighted by Gasteiger charge is -2.23. The predicted octanol–water partition coefficient (Wildman–Crippen LogP) is 3.80. The SMILES string of the molecule is CC(C)n1c(CC(C)(C)CC(=O)O)nc2c(F)cccc21. The van der Waals surface area contributed by atoms with Crippen molar-refractivity contribution in [1.82, 2.24) is 9.55 Å². The molecule has 4 nitrogen and oxygen atoms in total. The van der Waals surface area contributed by atoms with Gasteiger partial charge >= 0.3 is 5.97 Å². The Kier molecular flexibility index (Phi) is 4.03. The summed E-state index contributed by atoms with van der Waals surface area (Å²) >= 11 is 0. The summed E-state index contributed by atoms with van der Waals surface area (Å²) in [6.45, 7) is 7.81. The minimum atomic E-state index is -0.835. The van der Waals surface area contributed by atoms with Crippen molar-refractivity contribution in [2.75, 3.05) is 0 Å². The van der Waals surface area contributed by atoms with Crippen molar-refractivity contribution in [2.24, 2.45) is 5.41 Å². The van der Waals surface area contributed by atoms with E-state index in [0.29, 0.717) is 11.9 Å². The Morgan fingerprint density at radius 1 is 1.43 bits per heavy atom. The van der Waals surface area contributed by atoms with Gasteiger partial charge in [0.1, 0.15) is 11.3 Å². The van der Waals surface area contributed by atoms with E-state index >= 15 is 0 Å². The normalized spacial score (nSPS) is 12.3. The molecule has 114 valence electrons. The number of aliphatic carboxylic acids is 1. The summed E-state index contributed by atoms with van der Waals surface area (Å²) in [6, 6.07) is 5.04. The Morgan fingerprint density at radius 2 is 2.10 bits per heavy atom. The molecule has 5 heteroatoms. The number of hydrogen-bond donors (Lipinski definition) is 1. The van der Waals surface area contributed by atoms with E-state index in [-0.39, 0.29) is 18.3 Å². The summed E-state index contributed by atoms with van der Waals surface area (Å²) < 4.78 is 15.9. The lowest BCUT2D eigenvalue weighted by molar-refractivity contribution is -0.139. The number of benzene rings is 1. The van der Waals surface area contributed by atoms with Crippen LogP contribution in [0.25, 0.3) is 11.0 Å². The summed E-state index contributed by atoms with van der Waals surface area (Å²) in [5, 5.41) is 9.00. The second-order valence-corrected chi connectivity index (χ2v) is 6.51. The number of fused-ring (bicyclic) bond motifs is 1. The number of rotatable bonds is 5. The number of carboxylic acids is 1. The molecule has 1 aromatic carbocycles. The first-order valence-corrected chi connectivity index (χ1v) is 7.08. The van der Waals surface area contributed by atoms with Crippen molar-refractivity contribution >= 4 is 17.0 Å². The van der Waals surface area contributed by atoms with Crippen LogP contribution in [0.4, 0.5) is 4.39 Å². The van der Waals surface area contributed by atoms with Gasteiger partial charge in [-0.15, -0.1) is 0 Å². The quantitative estimate of drug-likeness (QED) is 0.912. The van der Waals surface area contributed by atoms with Gasteiger partial charge in [0, 0.05) is 12.5 Å². The second-order valence-electron chi connectivity index (χ2n) is 6.51. The lowest BCUT2D eigenvalue weighted by Crippen LogP contribution is -2.22. The maximum Gasteiger partial charge on any atom is 0.303 e. The van der Waals surface area contributed by atoms with Crippen LogP contribution in [0.1, 0.15) is 46.0 Å². The molecule has 0 saturated carbocycles. The van der Waals surface area contributed by atoms with E-state index in [0.717, 1.165) is 11.3 Å². The maximum absolute atomic E-state index is 13.9. The number of carbonyl (C=O) groups is 1. The van der Waals surface area contributed by atoms with Gasteiger partial charge in [-0.1, -0.05) is 19.9 Å². The van der Waals surface area contributed by atoms with Crippen LogP contribution in [0.3, 0.4) is 0 Å². The Labute approximate surface area is 123 Å². The zero-order valence-electron chi connectivity index (χ0n) is 12.9. The molecule has 0 aliphatic carbocycles. The fourth-order valence-electron chi connectivity index (χ4n) is 2.73. The largest absolute Gasteiger partial charge is 0.481 e. The molecule has 21 heavy (non-hydrogen) atoms. The Morgan fingerprint density at radius 3 is 2.67 bits per heavy atom. The molecule has 1 aromatic heterocycles. The first-order chi connectivity index (χ1) is 9.71.